The summed E-state index contributed by atoms with van der Waals surface area (Å²) in [7, 11) is 0. The molecule has 0 amide bonds. The van der Waals surface area contributed by atoms with Crippen LogP contribution in [0.15, 0.2) is 5.16 Å². The number of hydrogen-bond acceptors (Lipinski definition) is 4. The predicted molar refractivity (Wildman–Crippen MR) is 63.5 cm³/mol. The van der Waals surface area contributed by atoms with Gasteiger partial charge in [0.2, 0.25) is 0 Å². The molecule has 2 atom stereocenters. The lowest BCUT2D eigenvalue weighted by Gasteiger charge is -2.25. The highest BCUT2D eigenvalue weighted by Gasteiger charge is 2.19. The van der Waals surface area contributed by atoms with Gasteiger partial charge in [-0.1, -0.05) is 11.6 Å². The van der Waals surface area contributed by atoms with Gasteiger partial charge in [-0.25, -0.2) is 0 Å². The number of hydrogen-bond donors (Lipinski definition) is 4. The summed E-state index contributed by atoms with van der Waals surface area (Å²) in [4.78, 5) is 0. The van der Waals surface area contributed by atoms with E-state index >= 15 is 0 Å². The molecule has 1 rings (SSSR count). The number of nitrogens with two attached hydrogens (primary N) is 1. The Balaban J connectivity index is 1.98. The fourth-order valence-corrected chi connectivity index (χ4v) is 2.20. The molecule has 0 saturated heterocycles. The number of amidine groups is 1. The van der Waals surface area contributed by atoms with E-state index in [1.165, 1.54) is 6.42 Å². The molecule has 5 heteroatoms. The molecule has 0 radical (unpaired) electrons. The minimum Gasteiger partial charge on any atom is -0.409 e. The average molecular weight is 229 g/mol. The molecule has 1 aliphatic rings. The normalized spacial score (nSPS) is 26.9. The van der Waals surface area contributed by atoms with Crippen LogP contribution in [0.2, 0.25) is 0 Å². The van der Waals surface area contributed by atoms with Crippen molar-refractivity contribution in [2.75, 3.05) is 13.1 Å². The molecule has 0 aromatic carbocycles. The van der Waals surface area contributed by atoms with E-state index in [9.17, 15) is 5.11 Å². The molecule has 16 heavy (non-hydrogen) atoms. The number of nitrogens with one attached hydrogen (secondary N) is 1. The smallest absolute Gasteiger partial charge is 0.139 e. The maximum absolute atomic E-state index is 9.50. The van der Waals surface area contributed by atoms with Gasteiger partial charge in [0.1, 0.15) is 5.84 Å². The number of oxime groups is 1. The molecule has 0 aromatic rings. The van der Waals surface area contributed by atoms with Gasteiger partial charge in [0, 0.05) is 6.42 Å². The highest BCUT2D eigenvalue weighted by Crippen LogP contribution is 2.23. The first-order valence-electron chi connectivity index (χ1n) is 6.07. The van der Waals surface area contributed by atoms with E-state index < -0.39 is 0 Å². The molecular formula is C11H23N3O2. The van der Waals surface area contributed by atoms with Crippen LogP contribution in [0, 0.1) is 5.92 Å². The number of nitrogens with zero attached hydrogens (tertiary/aromatic N) is 1. The molecule has 0 aliphatic heterocycles. The lowest BCUT2D eigenvalue weighted by molar-refractivity contribution is 0.101. The summed E-state index contributed by atoms with van der Waals surface area (Å²) in [5, 5.41) is 24.1. The van der Waals surface area contributed by atoms with Gasteiger partial charge >= 0.3 is 0 Å². The third kappa shape index (κ3) is 5.32. The molecule has 1 aliphatic carbocycles. The topological polar surface area (TPSA) is 90.9 Å². The Morgan fingerprint density at radius 1 is 1.44 bits per heavy atom. The molecule has 0 aromatic heterocycles. The molecule has 0 spiro atoms. The minimum atomic E-state index is -0.0993. The van der Waals surface area contributed by atoms with Crippen LogP contribution in [-0.4, -0.2) is 35.3 Å². The lowest BCUT2D eigenvalue weighted by Crippen LogP contribution is -2.30. The molecule has 94 valence electrons. The third-order valence-corrected chi connectivity index (χ3v) is 3.10. The molecular weight excluding hydrogens is 206 g/mol. The van der Waals surface area contributed by atoms with Crippen molar-refractivity contribution in [3.63, 3.8) is 0 Å². The van der Waals surface area contributed by atoms with Crippen LogP contribution in [-0.2, 0) is 0 Å². The summed E-state index contributed by atoms with van der Waals surface area (Å²) >= 11 is 0. The first-order valence-corrected chi connectivity index (χ1v) is 6.07. The fraction of sp³-hybridized carbons (Fsp3) is 0.909. The van der Waals surface area contributed by atoms with Gasteiger partial charge in [-0.3, -0.25) is 0 Å². The molecule has 0 heterocycles. The molecule has 2 unspecified atom stereocenters. The Bertz CT molecular complexity index is 221. The standard InChI is InChI=1S/C11H23N3O2/c12-11(14-16)5-2-6-13-8-9-3-1-4-10(15)7-9/h9-10,13,15-16H,1-8H2,(H2,12,14). The monoisotopic (exact) mass is 229 g/mol. The second-order valence-corrected chi connectivity index (χ2v) is 4.59. The van der Waals surface area contributed by atoms with Gasteiger partial charge in [0.25, 0.3) is 0 Å². The predicted octanol–water partition coefficient (Wildman–Crippen LogP) is 0.654. The fourth-order valence-electron chi connectivity index (χ4n) is 2.20. The average Bonchev–Trinajstić information content (AvgIpc) is 2.28. The second-order valence-electron chi connectivity index (χ2n) is 4.59. The van der Waals surface area contributed by atoms with Crippen molar-refractivity contribution < 1.29 is 10.3 Å². The van der Waals surface area contributed by atoms with Crippen LogP contribution in [0.4, 0.5) is 0 Å². The molecule has 1 fully saturated rings. The highest BCUT2D eigenvalue weighted by atomic mass is 16.4. The summed E-state index contributed by atoms with van der Waals surface area (Å²) in [5.41, 5.74) is 5.36. The van der Waals surface area contributed by atoms with Gasteiger partial charge in [0.15, 0.2) is 0 Å². The zero-order chi connectivity index (χ0) is 11.8. The largest absolute Gasteiger partial charge is 0.409 e. The van der Waals surface area contributed by atoms with Gasteiger partial charge < -0.3 is 21.4 Å². The van der Waals surface area contributed by atoms with E-state index in [-0.39, 0.29) is 11.9 Å². The van der Waals surface area contributed by atoms with Gasteiger partial charge in [-0.15, -0.1) is 0 Å². The Morgan fingerprint density at radius 2 is 2.25 bits per heavy atom. The van der Waals surface area contributed by atoms with Crippen molar-refractivity contribution in [3.8, 4) is 0 Å². The number of rotatable bonds is 6. The molecule has 1 saturated carbocycles. The maximum atomic E-state index is 9.50. The van der Waals surface area contributed by atoms with Gasteiger partial charge in [-0.2, -0.15) is 0 Å². The maximum Gasteiger partial charge on any atom is 0.139 e. The van der Waals surface area contributed by atoms with Crippen molar-refractivity contribution in [1.29, 1.82) is 0 Å². The highest BCUT2D eigenvalue weighted by molar-refractivity contribution is 5.79. The molecule has 0 bridgehead atoms. The quantitative estimate of drug-likeness (QED) is 0.177. The lowest BCUT2D eigenvalue weighted by atomic mass is 9.87. The summed E-state index contributed by atoms with van der Waals surface area (Å²) in [6, 6.07) is 0. The summed E-state index contributed by atoms with van der Waals surface area (Å²) in [6.45, 7) is 1.84. The SMILES string of the molecule is NC(CCCNCC1CCCC(O)C1)=NO. The Labute approximate surface area is 96.7 Å². The van der Waals surface area contributed by atoms with Crippen molar-refractivity contribution in [2.45, 2.75) is 44.6 Å². The van der Waals surface area contributed by atoms with Crippen molar-refractivity contribution >= 4 is 5.84 Å². The van der Waals surface area contributed by atoms with E-state index in [2.05, 4.69) is 10.5 Å². The van der Waals surface area contributed by atoms with Gasteiger partial charge in [-0.05, 0) is 44.7 Å². The first-order chi connectivity index (χ1) is 7.72. The summed E-state index contributed by atoms with van der Waals surface area (Å²) < 4.78 is 0. The second kappa shape index (κ2) is 7.46. The molecule has 5 nitrogen and oxygen atoms in total. The number of aliphatic hydroxyl groups excluding tert-OH is 1. The van der Waals surface area contributed by atoms with Crippen LogP contribution in [0.1, 0.15) is 38.5 Å². The van der Waals surface area contributed by atoms with Crippen LogP contribution in [0.25, 0.3) is 0 Å². The van der Waals surface area contributed by atoms with E-state index in [4.69, 9.17) is 10.9 Å². The van der Waals surface area contributed by atoms with Crippen LogP contribution < -0.4 is 11.1 Å². The molecule has 5 N–H and O–H groups in total. The Morgan fingerprint density at radius 3 is 2.94 bits per heavy atom. The Hall–Kier alpha value is -0.810. The Kier molecular flexibility index (Phi) is 6.18. The van der Waals surface area contributed by atoms with Gasteiger partial charge in [0.05, 0.1) is 6.10 Å². The van der Waals surface area contributed by atoms with Crippen molar-refractivity contribution in [3.05, 3.63) is 0 Å². The van der Waals surface area contributed by atoms with Crippen LogP contribution in [0.5, 0.6) is 0 Å². The van der Waals surface area contributed by atoms with Crippen LogP contribution in [0.3, 0.4) is 0 Å². The van der Waals surface area contributed by atoms with Crippen LogP contribution >= 0.6 is 0 Å². The minimum absolute atomic E-state index is 0.0993. The zero-order valence-corrected chi connectivity index (χ0v) is 9.73. The van der Waals surface area contributed by atoms with Crippen molar-refractivity contribution in [2.24, 2.45) is 16.8 Å². The zero-order valence-electron chi connectivity index (χ0n) is 9.73. The first kappa shape index (κ1) is 13.3. The van der Waals surface area contributed by atoms with E-state index in [0.717, 1.165) is 38.8 Å². The summed E-state index contributed by atoms with van der Waals surface area (Å²) in [6.07, 6.45) is 5.63. The van der Waals surface area contributed by atoms with E-state index in [0.29, 0.717) is 12.3 Å². The van der Waals surface area contributed by atoms with Crippen molar-refractivity contribution in [1.82, 2.24) is 5.32 Å². The van der Waals surface area contributed by atoms with E-state index in [1.807, 2.05) is 0 Å². The number of aliphatic hydroxyl groups is 1. The third-order valence-electron chi connectivity index (χ3n) is 3.10. The van der Waals surface area contributed by atoms with E-state index in [1.54, 1.807) is 0 Å². The summed E-state index contributed by atoms with van der Waals surface area (Å²) in [5.74, 6) is 0.891.